The van der Waals surface area contributed by atoms with Crippen LogP contribution in [0.3, 0.4) is 0 Å². The summed E-state index contributed by atoms with van der Waals surface area (Å²) in [4.78, 5) is 16.7. The third-order valence-electron chi connectivity index (χ3n) is 5.21. The second-order valence-electron chi connectivity index (χ2n) is 7.29. The molecule has 146 valence electrons. The van der Waals surface area contributed by atoms with Gasteiger partial charge in [0.15, 0.2) is 5.69 Å². The van der Waals surface area contributed by atoms with Gasteiger partial charge in [-0.15, -0.1) is 0 Å². The van der Waals surface area contributed by atoms with Crippen LogP contribution in [0.2, 0.25) is 0 Å². The minimum Gasteiger partial charge on any atom is -0.497 e. The molecular weight excluding hydrogens is 344 g/mol. The number of rotatable bonds is 7. The number of carbonyl (C=O) groups excluding carboxylic acids is 1. The monoisotopic (exact) mass is 372 g/mol. The first-order chi connectivity index (χ1) is 13.1. The van der Waals surface area contributed by atoms with Gasteiger partial charge >= 0.3 is 0 Å². The number of benzene rings is 1. The number of piperidine rings is 1. The topological polar surface area (TPSA) is 71.7 Å². The van der Waals surface area contributed by atoms with Gasteiger partial charge in [-0.2, -0.15) is 0 Å². The third kappa shape index (κ3) is 5.07. The predicted octanol–water partition coefficient (Wildman–Crippen LogP) is 2.41. The summed E-state index contributed by atoms with van der Waals surface area (Å²) in [5, 5.41) is 7.42. The SMILES string of the molecule is COc1ccc(CCN2CCCC(CN(C)C(=O)c3nonc3C)C2)cc1. The van der Waals surface area contributed by atoms with Crippen LogP contribution in [0.5, 0.6) is 5.75 Å². The molecule has 7 nitrogen and oxygen atoms in total. The standard InChI is InChI=1S/C20H28N4O3/c1-15-19(22-27-21-15)20(25)23(2)13-17-5-4-11-24(14-17)12-10-16-6-8-18(26-3)9-7-16/h6-9,17H,4-5,10-14H2,1-3H3. The summed E-state index contributed by atoms with van der Waals surface area (Å²) in [5.41, 5.74) is 2.17. The number of hydrogen-bond acceptors (Lipinski definition) is 6. The first-order valence-electron chi connectivity index (χ1n) is 9.46. The molecule has 3 rings (SSSR count). The van der Waals surface area contributed by atoms with Crippen molar-refractivity contribution in [2.75, 3.05) is 40.3 Å². The van der Waals surface area contributed by atoms with Crippen molar-refractivity contribution in [2.24, 2.45) is 5.92 Å². The molecule has 1 fully saturated rings. The van der Waals surface area contributed by atoms with E-state index in [1.54, 1.807) is 18.9 Å². The van der Waals surface area contributed by atoms with Crippen molar-refractivity contribution < 1.29 is 14.2 Å². The molecule has 1 unspecified atom stereocenters. The number of amides is 1. The number of nitrogens with zero attached hydrogens (tertiary/aromatic N) is 4. The molecule has 0 radical (unpaired) electrons. The second-order valence-corrected chi connectivity index (χ2v) is 7.29. The number of ether oxygens (including phenoxy) is 1. The van der Waals surface area contributed by atoms with Crippen molar-refractivity contribution in [1.82, 2.24) is 20.1 Å². The minimum absolute atomic E-state index is 0.121. The van der Waals surface area contributed by atoms with Crippen LogP contribution in [-0.2, 0) is 6.42 Å². The van der Waals surface area contributed by atoms with Gasteiger partial charge in [-0.05, 0) is 61.5 Å². The highest BCUT2D eigenvalue weighted by molar-refractivity contribution is 5.92. The van der Waals surface area contributed by atoms with Gasteiger partial charge in [-0.3, -0.25) is 4.79 Å². The molecule has 0 aliphatic carbocycles. The van der Waals surface area contributed by atoms with Gasteiger partial charge in [0.1, 0.15) is 11.4 Å². The van der Waals surface area contributed by atoms with Gasteiger partial charge < -0.3 is 14.5 Å². The molecule has 0 N–H and O–H groups in total. The lowest BCUT2D eigenvalue weighted by Crippen LogP contribution is -2.42. The quantitative estimate of drug-likeness (QED) is 0.743. The van der Waals surface area contributed by atoms with E-state index in [-0.39, 0.29) is 5.91 Å². The molecule has 0 bridgehead atoms. The molecule has 1 amide bonds. The maximum Gasteiger partial charge on any atom is 0.277 e. The van der Waals surface area contributed by atoms with Crippen LogP contribution in [0.15, 0.2) is 28.9 Å². The lowest BCUT2D eigenvalue weighted by molar-refractivity contribution is 0.0719. The number of hydrogen-bond donors (Lipinski definition) is 0. The van der Waals surface area contributed by atoms with Crippen LogP contribution < -0.4 is 4.74 Å². The van der Waals surface area contributed by atoms with Crippen LogP contribution in [0.4, 0.5) is 0 Å². The number of methoxy groups -OCH3 is 1. The van der Waals surface area contributed by atoms with Gasteiger partial charge in [0.25, 0.3) is 5.91 Å². The van der Waals surface area contributed by atoms with Crippen LogP contribution in [-0.4, -0.2) is 66.4 Å². The molecule has 7 heteroatoms. The Bertz CT molecular complexity index is 744. The molecule has 1 aliphatic heterocycles. The van der Waals surface area contributed by atoms with E-state index in [9.17, 15) is 4.79 Å². The van der Waals surface area contributed by atoms with Crippen molar-refractivity contribution in [3.63, 3.8) is 0 Å². The average molecular weight is 372 g/mol. The van der Waals surface area contributed by atoms with Gasteiger partial charge in [-0.1, -0.05) is 17.3 Å². The Morgan fingerprint density at radius 3 is 2.78 bits per heavy atom. The Morgan fingerprint density at radius 2 is 2.11 bits per heavy atom. The summed E-state index contributed by atoms with van der Waals surface area (Å²) < 4.78 is 9.86. The Kier molecular flexibility index (Phi) is 6.45. The highest BCUT2D eigenvalue weighted by Gasteiger charge is 2.25. The zero-order chi connectivity index (χ0) is 19.2. The fourth-order valence-corrected chi connectivity index (χ4v) is 3.66. The molecule has 1 aromatic carbocycles. The molecule has 1 aromatic heterocycles. The largest absolute Gasteiger partial charge is 0.497 e. The molecule has 0 saturated carbocycles. The van der Waals surface area contributed by atoms with E-state index < -0.39 is 0 Å². The van der Waals surface area contributed by atoms with Gasteiger partial charge in [0.05, 0.1) is 7.11 Å². The van der Waals surface area contributed by atoms with Crippen LogP contribution in [0, 0.1) is 12.8 Å². The smallest absolute Gasteiger partial charge is 0.277 e. The van der Waals surface area contributed by atoms with Crippen molar-refractivity contribution in [1.29, 1.82) is 0 Å². The van der Waals surface area contributed by atoms with Crippen molar-refractivity contribution >= 4 is 5.91 Å². The van der Waals surface area contributed by atoms with E-state index in [1.165, 1.54) is 12.0 Å². The highest BCUT2D eigenvalue weighted by atomic mass is 16.6. The molecule has 0 spiro atoms. The van der Waals surface area contributed by atoms with E-state index in [0.29, 0.717) is 17.3 Å². The predicted molar refractivity (Wildman–Crippen MR) is 102 cm³/mol. The maximum absolute atomic E-state index is 12.5. The summed E-state index contributed by atoms with van der Waals surface area (Å²) >= 11 is 0. The first-order valence-corrected chi connectivity index (χ1v) is 9.46. The van der Waals surface area contributed by atoms with Crippen LogP contribution in [0.25, 0.3) is 0 Å². The minimum atomic E-state index is -0.121. The molecule has 1 atom stereocenters. The average Bonchev–Trinajstić information content (AvgIpc) is 3.12. The number of carbonyl (C=O) groups is 1. The lowest BCUT2D eigenvalue weighted by atomic mass is 9.97. The molecule has 1 saturated heterocycles. The van der Waals surface area contributed by atoms with Crippen molar-refractivity contribution in [2.45, 2.75) is 26.2 Å². The zero-order valence-electron chi connectivity index (χ0n) is 16.4. The Labute approximate surface area is 160 Å². The summed E-state index contributed by atoms with van der Waals surface area (Å²) in [6.45, 7) is 5.64. The number of likely N-dealkylation sites (tertiary alicyclic amines) is 1. The van der Waals surface area contributed by atoms with Crippen LogP contribution >= 0.6 is 0 Å². The number of aryl methyl sites for hydroxylation is 1. The van der Waals surface area contributed by atoms with E-state index in [1.807, 2.05) is 19.2 Å². The van der Waals surface area contributed by atoms with Crippen molar-refractivity contribution in [3.05, 3.63) is 41.2 Å². The summed E-state index contributed by atoms with van der Waals surface area (Å²) in [6, 6.07) is 8.27. The van der Waals surface area contributed by atoms with E-state index in [4.69, 9.17) is 4.74 Å². The summed E-state index contributed by atoms with van der Waals surface area (Å²) in [6.07, 6.45) is 3.34. The fourth-order valence-electron chi connectivity index (χ4n) is 3.66. The lowest BCUT2D eigenvalue weighted by Gasteiger charge is -2.34. The first kappa shape index (κ1) is 19.4. The molecule has 2 heterocycles. The van der Waals surface area contributed by atoms with E-state index in [0.717, 1.165) is 44.8 Å². The van der Waals surface area contributed by atoms with Gasteiger partial charge in [0.2, 0.25) is 0 Å². The number of aromatic nitrogens is 2. The fraction of sp³-hybridized carbons (Fsp3) is 0.550. The van der Waals surface area contributed by atoms with Crippen LogP contribution in [0.1, 0.15) is 34.6 Å². The molecule has 27 heavy (non-hydrogen) atoms. The summed E-state index contributed by atoms with van der Waals surface area (Å²) in [5.74, 6) is 1.25. The van der Waals surface area contributed by atoms with E-state index in [2.05, 4.69) is 32.0 Å². The van der Waals surface area contributed by atoms with Crippen molar-refractivity contribution in [3.8, 4) is 5.75 Å². The third-order valence-corrected chi connectivity index (χ3v) is 5.21. The zero-order valence-corrected chi connectivity index (χ0v) is 16.4. The maximum atomic E-state index is 12.5. The van der Waals surface area contributed by atoms with E-state index >= 15 is 0 Å². The summed E-state index contributed by atoms with van der Waals surface area (Å²) in [7, 11) is 3.51. The second kappa shape index (κ2) is 8.99. The molecule has 1 aliphatic rings. The Balaban J connectivity index is 1.48. The normalized spacial score (nSPS) is 17.7. The highest BCUT2D eigenvalue weighted by Crippen LogP contribution is 2.19. The van der Waals surface area contributed by atoms with Gasteiger partial charge in [0, 0.05) is 26.7 Å². The van der Waals surface area contributed by atoms with Gasteiger partial charge in [-0.25, -0.2) is 4.63 Å². The molecular formula is C20H28N4O3. The Morgan fingerprint density at radius 1 is 1.33 bits per heavy atom. The Hall–Kier alpha value is -2.41. The molecule has 2 aromatic rings.